The number of amides is 1. The van der Waals surface area contributed by atoms with Gasteiger partial charge in [-0.1, -0.05) is 6.07 Å². The number of hydrogen-bond donors (Lipinski definition) is 1. The van der Waals surface area contributed by atoms with Crippen LogP contribution < -0.4 is 10.1 Å². The quantitative estimate of drug-likeness (QED) is 0.625. The normalized spacial score (nSPS) is 10.7. The Morgan fingerprint density at radius 3 is 2.59 bits per heavy atom. The third-order valence-corrected chi connectivity index (χ3v) is 4.56. The van der Waals surface area contributed by atoms with Crippen LogP contribution in [0.25, 0.3) is 5.65 Å². The van der Waals surface area contributed by atoms with E-state index < -0.39 is 0 Å². The number of nitrogens with zero attached hydrogens (tertiary/aromatic N) is 4. The first kappa shape index (κ1) is 20.3. The molecule has 0 radical (unpaired) electrons. The lowest BCUT2D eigenvalue weighted by atomic mass is 10.1. The summed E-state index contributed by atoms with van der Waals surface area (Å²) in [6.07, 6.45) is 1.26. The van der Waals surface area contributed by atoms with Crippen molar-refractivity contribution in [1.29, 1.82) is 5.26 Å². The Hall–Kier alpha value is -3.40. The number of nitriles is 1. The summed E-state index contributed by atoms with van der Waals surface area (Å²) in [6, 6.07) is 10.0. The van der Waals surface area contributed by atoms with Crippen molar-refractivity contribution < 1.29 is 9.53 Å². The summed E-state index contributed by atoms with van der Waals surface area (Å²) < 4.78 is 7.27. The number of hydrogen-bond acceptors (Lipinski definition) is 5. The van der Waals surface area contributed by atoms with Gasteiger partial charge in [-0.3, -0.25) is 4.79 Å². The van der Waals surface area contributed by atoms with Crippen molar-refractivity contribution in [3.8, 4) is 11.8 Å². The van der Waals surface area contributed by atoms with Crippen LogP contribution in [0.3, 0.4) is 0 Å². The Morgan fingerprint density at radius 2 is 1.90 bits per heavy atom. The molecule has 0 aliphatic rings. The fourth-order valence-corrected chi connectivity index (χ4v) is 3.35. The highest BCUT2D eigenvalue weighted by atomic mass is 16.5. The second-order valence-electron chi connectivity index (χ2n) is 7.27. The molecule has 150 valence electrons. The number of aryl methyl sites for hydroxylation is 5. The van der Waals surface area contributed by atoms with Crippen LogP contribution in [0, 0.1) is 39.0 Å². The van der Waals surface area contributed by atoms with E-state index in [1.807, 2.05) is 45.9 Å². The van der Waals surface area contributed by atoms with Crippen molar-refractivity contribution in [1.82, 2.24) is 19.9 Å². The molecule has 0 saturated heterocycles. The predicted molar refractivity (Wildman–Crippen MR) is 110 cm³/mol. The van der Waals surface area contributed by atoms with Gasteiger partial charge in [-0.05, 0) is 69.9 Å². The fourth-order valence-electron chi connectivity index (χ4n) is 3.35. The zero-order valence-electron chi connectivity index (χ0n) is 17.2. The van der Waals surface area contributed by atoms with Gasteiger partial charge in [0.25, 0.3) is 5.91 Å². The van der Waals surface area contributed by atoms with E-state index in [2.05, 4.69) is 27.5 Å². The Kier molecular flexibility index (Phi) is 6.13. The van der Waals surface area contributed by atoms with Crippen LogP contribution in [0.4, 0.5) is 0 Å². The number of carbonyl (C=O) groups excluding carboxylic acids is 1. The van der Waals surface area contributed by atoms with Crippen LogP contribution in [0.2, 0.25) is 0 Å². The molecule has 0 bridgehead atoms. The van der Waals surface area contributed by atoms with Gasteiger partial charge in [-0.2, -0.15) is 10.4 Å². The Bertz CT molecular complexity index is 1070. The largest absolute Gasteiger partial charge is 0.484 e. The van der Waals surface area contributed by atoms with Crippen molar-refractivity contribution in [3.05, 3.63) is 58.0 Å². The van der Waals surface area contributed by atoms with Gasteiger partial charge in [0.05, 0.1) is 5.69 Å². The van der Waals surface area contributed by atoms with Crippen LogP contribution in [0.15, 0.2) is 24.3 Å². The summed E-state index contributed by atoms with van der Waals surface area (Å²) in [5, 5.41) is 16.9. The molecule has 7 nitrogen and oxygen atoms in total. The van der Waals surface area contributed by atoms with Crippen LogP contribution in [0.1, 0.15) is 40.2 Å². The molecule has 0 unspecified atom stereocenters. The zero-order valence-corrected chi connectivity index (χ0v) is 17.2. The van der Waals surface area contributed by atoms with Gasteiger partial charge in [-0.15, -0.1) is 0 Å². The van der Waals surface area contributed by atoms with Gasteiger partial charge in [-0.25, -0.2) is 9.50 Å². The Morgan fingerprint density at radius 1 is 1.17 bits per heavy atom. The first-order chi connectivity index (χ1) is 13.9. The standard InChI is InChI=1S/C22H25N5O2/c1-14-8-15(2)10-18(9-14)29-13-21(28)24-7-5-6-20-19(12-23)22-25-16(3)11-17(4)27(22)26-20/h8-11H,5-7,13H2,1-4H3,(H,24,28). The summed E-state index contributed by atoms with van der Waals surface area (Å²) in [4.78, 5) is 16.5. The van der Waals surface area contributed by atoms with E-state index in [0.717, 1.165) is 22.5 Å². The maximum Gasteiger partial charge on any atom is 0.257 e. The molecular formula is C22H25N5O2. The third kappa shape index (κ3) is 4.91. The van der Waals surface area contributed by atoms with Crippen molar-refractivity contribution in [2.75, 3.05) is 13.2 Å². The van der Waals surface area contributed by atoms with Crippen molar-refractivity contribution in [3.63, 3.8) is 0 Å². The first-order valence-corrected chi connectivity index (χ1v) is 9.61. The molecule has 0 fully saturated rings. The second-order valence-corrected chi connectivity index (χ2v) is 7.27. The summed E-state index contributed by atoms with van der Waals surface area (Å²) in [7, 11) is 0. The molecule has 0 aliphatic carbocycles. The molecular weight excluding hydrogens is 366 g/mol. The van der Waals surface area contributed by atoms with Crippen LogP contribution >= 0.6 is 0 Å². The number of aromatic nitrogens is 3. The number of ether oxygens (including phenoxy) is 1. The van der Waals surface area contributed by atoms with Crippen LogP contribution in [0.5, 0.6) is 5.75 Å². The Balaban J connectivity index is 1.52. The van der Waals surface area contributed by atoms with E-state index in [9.17, 15) is 10.1 Å². The third-order valence-electron chi connectivity index (χ3n) is 4.56. The lowest BCUT2D eigenvalue weighted by Crippen LogP contribution is -2.30. The average molecular weight is 391 g/mol. The van der Waals surface area contributed by atoms with E-state index in [4.69, 9.17) is 4.74 Å². The zero-order chi connectivity index (χ0) is 21.0. The summed E-state index contributed by atoms with van der Waals surface area (Å²) >= 11 is 0. The number of carbonyl (C=O) groups is 1. The molecule has 2 heterocycles. The number of nitrogens with one attached hydrogen (secondary N) is 1. The van der Waals surface area contributed by atoms with Gasteiger partial charge < -0.3 is 10.1 Å². The number of rotatable bonds is 7. The first-order valence-electron chi connectivity index (χ1n) is 9.61. The highest BCUT2D eigenvalue weighted by Gasteiger charge is 2.15. The molecule has 1 amide bonds. The maximum absolute atomic E-state index is 12.0. The van der Waals surface area contributed by atoms with Crippen LogP contribution in [-0.4, -0.2) is 33.7 Å². The van der Waals surface area contributed by atoms with Crippen LogP contribution in [-0.2, 0) is 11.2 Å². The molecule has 7 heteroatoms. The van der Waals surface area contributed by atoms with Gasteiger partial charge in [0, 0.05) is 17.9 Å². The molecule has 3 aromatic rings. The summed E-state index contributed by atoms with van der Waals surface area (Å²) in [5.41, 5.74) is 5.78. The lowest BCUT2D eigenvalue weighted by molar-refractivity contribution is -0.123. The molecule has 3 rings (SSSR count). The van der Waals surface area contributed by atoms with E-state index in [0.29, 0.717) is 42.0 Å². The molecule has 0 atom stereocenters. The van der Waals surface area contributed by atoms with Gasteiger partial charge >= 0.3 is 0 Å². The smallest absolute Gasteiger partial charge is 0.257 e. The van der Waals surface area contributed by atoms with E-state index in [-0.39, 0.29) is 12.5 Å². The molecule has 1 N–H and O–H groups in total. The molecule has 2 aromatic heterocycles. The lowest BCUT2D eigenvalue weighted by Gasteiger charge is -2.09. The van der Waals surface area contributed by atoms with E-state index in [1.165, 1.54) is 0 Å². The van der Waals surface area contributed by atoms with Crippen molar-refractivity contribution in [2.45, 2.75) is 40.5 Å². The number of benzene rings is 1. The SMILES string of the molecule is Cc1cc(C)cc(OCC(=O)NCCCc2nn3c(C)cc(C)nc3c2C#N)c1. The summed E-state index contributed by atoms with van der Waals surface area (Å²) in [6.45, 7) is 8.29. The van der Waals surface area contributed by atoms with E-state index in [1.54, 1.807) is 4.52 Å². The molecule has 0 aliphatic heterocycles. The minimum absolute atomic E-state index is 0.0247. The second kappa shape index (κ2) is 8.74. The minimum atomic E-state index is -0.173. The monoisotopic (exact) mass is 391 g/mol. The molecule has 29 heavy (non-hydrogen) atoms. The van der Waals surface area contributed by atoms with Gasteiger partial charge in [0.15, 0.2) is 12.3 Å². The van der Waals surface area contributed by atoms with Gasteiger partial charge in [0.2, 0.25) is 0 Å². The van der Waals surface area contributed by atoms with Crippen molar-refractivity contribution >= 4 is 11.6 Å². The molecule has 0 saturated carbocycles. The maximum atomic E-state index is 12.0. The molecule has 1 aromatic carbocycles. The number of fused-ring (bicyclic) bond motifs is 1. The van der Waals surface area contributed by atoms with Crippen molar-refractivity contribution in [2.24, 2.45) is 0 Å². The predicted octanol–water partition coefficient (Wildman–Crippen LogP) is 2.96. The molecule has 0 spiro atoms. The highest BCUT2D eigenvalue weighted by Crippen LogP contribution is 2.17. The van der Waals surface area contributed by atoms with Gasteiger partial charge in [0.1, 0.15) is 17.4 Å². The van der Waals surface area contributed by atoms with E-state index >= 15 is 0 Å². The topological polar surface area (TPSA) is 92.3 Å². The highest BCUT2D eigenvalue weighted by molar-refractivity contribution is 5.77. The summed E-state index contributed by atoms with van der Waals surface area (Å²) in [5.74, 6) is 0.520. The fraction of sp³-hybridized carbons (Fsp3) is 0.364. The minimum Gasteiger partial charge on any atom is -0.484 e. The Labute approximate surface area is 170 Å². The average Bonchev–Trinajstić information content (AvgIpc) is 3.00.